The third-order valence-electron chi connectivity index (χ3n) is 6.78. The van der Waals surface area contributed by atoms with Crippen LogP contribution in [0.3, 0.4) is 0 Å². The minimum atomic E-state index is -4.23. The lowest BCUT2D eigenvalue weighted by Crippen LogP contribution is -2.40. The van der Waals surface area contributed by atoms with E-state index in [-0.39, 0.29) is 16.8 Å². The summed E-state index contributed by atoms with van der Waals surface area (Å²) in [5.74, 6) is -0.504. The Bertz CT molecular complexity index is 1620. The topological polar surface area (TPSA) is 120 Å². The fraction of sp³-hybridized carbons (Fsp3) is 0.259. The predicted octanol–water partition coefficient (Wildman–Crippen LogP) is 3.59. The molecule has 0 saturated heterocycles. The molecule has 1 saturated carbocycles. The number of benzene rings is 2. The molecule has 1 amide bonds. The number of amides is 1. The first kappa shape index (κ1) is 24.6. The summed E-state index contributed by atoms with van der Waals surface area (Å²) in [7, 11) is -1.24. The normalized spacial score (nSPS) is 18.9. The van der Waals surface area contributed by atoms with Crippen LogP contribution in [0.15, 0.2) is 65.8 Å². The van der Waals surface area contributed by atoms with E-state index in [4.69, 9.17) is 9.47 Å². The molecule has 0 aliphatic heterocycles. The number of hydrogen-bond donors (Lipinski definition) is 1. The van der Waals surface area contributed by atoms with Crippen molar-refractivity contribution in [2.75, 3.05) is 14.2 Å². The smallest absolute Gasteiger partial charge is 0.316 e. The van der Waals surface area contributed by atoms with Crippen LogP contribution < -0.4 is 14.2 Å². The monoisotopic (exact) mass is 518 g/mol. The second-order valence-corrected chi connectivity index (χ2v) is 10.8. The molecule has 1 aliphatic carbocycles. The number of sulfonamides is 1. The van der Waals surface area contributed by atoms with E-state index in [0.717, 1.165) is 11.3 Å². The van der Waals surface area contributed by atoms with Gasteiger partial charge >= 0.3 is 6.01 Å². The summed E-state index contributed by atoms with van der Waals surface area (Å²) in [4.78, 5) is 26.7. The van der Waals surface area contributed by atoms with Crippen LogP contribution in [0, 0.1) is 13.8 Å². The molecule has 0 spiro atoms. The molecule has 2 aromatic carbocycles. The SMILES string of the molecule is COc1ncc([C@H]2C[C@@]2(C(=O)NS(=O)(=O)c2cccc3nc(C)ccc23)c2cc(C)ccc2OC)cn1. The van der Waals surface area contributed by atoms with Gasteiger partial charge in [0.15, 0.2) is 0 Å². The quantitative estimate of drug-likeness (QED) is 0.394. The maximum atomic E-state index is 14.0. The van der Waals surface area contributed by atoms with E-state index in [1.54, 1.807) is 42.7 Å². The van der Waals surface area contributed by atoms with Gasteiger partial charge in [0.05, 0.1) is 30.0 Å². The molecule has 2 atom stereocenters. The number of methoxy groups -OCH3 is 2. The molecule has 0 radical (unpaired) electrons. The number of pyridine rings is 1. The summed E-state index contributed by atoms with van der Waals surface area (Å²) in [5.41, 5.74) is 2.32. The van der Waals surface area contributed by atoms with Crippen molar-refractivity contribution >= 4 is 26.8 Å². The number of aromatic nitrogens is 3. The van der Waals surface area contributed by atoms with E-state index in [9.17, 15) is 13.2 Å². The van der Waals surface area contributed by atoms with Gasteiger partial charge in [-0.15, -0.1) is 0 Å². The van der Waals surface area contributed by atoms with E-state index < -0.39 is 21.3 Å². The number of carbonyl (C=O) groups is 1. The molecule has 190 valence electrons. The van der Waals surface area contributed by atoms with E-state index in [1.807, 2.05) is 26.0 Å². The first-order valence-electron chi connectivity index (χ1n) is 11.6. The fourth-order valence-electron chi connectivity index (χ4n) is 4.85. The van der Waals surface area contributed by atoms with Crippen molar-refractivity contribution in [1.82, 2.24) is 19.7 Å². The number of nitrogens with one attached hydrogen (secondary N) is 1. The average Bonchev–Trinajstić information content (AvgIpc) is 3.65. The highest BCUT2D eigenvalue weighted by molar-refractivity contribution is 7.90. The van der Waals surface area contributed by atoms with E-state index in [0.29, 0.717) is 34.2 Å². The minimum Gasteiger partial charge on any atom is -0.496 e. The van der Waals surface area contributed by atoms with Gasteiger partial charge in [0.1, 0.15) is 5.75 Å². The third kappa shape index (κ3) is 4.27. The summed E-state index contributed by atoms with van der Waals surface area (Å²) in [6.45, 7) is 3.74. The third-order valence-corrected chi connectivity index (χ3v) is 8.17. The number of carbonyl (C=O) groups excluding carboxylic acids is 1. The van der Waals surface area contributed by atoms with Gasteiger partial charge in [0, 0.05) is 35.0 Å². The van der Waals surface area contributed by atoms with Crippen molar-refractivity contribution in [3.8, 4) is 11.8 Å². The Morgan fingerprint density at radius 3 is 2.49 bits per heavy atom. The van der Waals surface area contributed by atoms with Crippen molar-refractivity contribution in [3.05, 3.63) is 83.3 Å². The Labute approximate surface area is 214 Å². The van der Waals surface area contributed by atoms with Crippen LogP contribution in [0.5, 0.6) is 11.8 Å². The molecule has 10 heteroatoms. The average molecular weight is 519 g/mol. The molecular weight excluding hydrogens is 492 g/mol. The number of fused-ring (bicyclic) bond motifs is 1. The van der Waals surface area contributed by atoms with Gasteiger partial charge in [0.2, 0.25) is 5.91 Å². The fourth-order valence-corrected chi connectivity index (χ4v) is 6.11. The van der Waals surface area contributed by atoms with Crippen molar-refractivity contribution in [1.29, 1.82) is 0 Å². The van der Waals surface area contributed by atoms with Gasteiger partial charge in [-0.2, -0.15) is 0 Å². The zero-order valence-corrected chi connectivity index (χ0v) is 21.7. The molecule has 37 heavy (non-hydrogen) atoms. The van der Waals surface area contributed by atoms with Crippen molar-refractivity contribution in [3.63, 3.8) is 0 Å². The Kier molecular flexibility index (Phi) is 6.07. The van der Waals surface area contributed by atoms with Gasteiger partial charge in [0.25, 0.3) is 10.0 Å². The number of ether oxygens (including phenoxy) is 2. The van der Waals surface area contributed by atoms with Gasteiger partial charge < -0.3 is 9.47 Å². The van der Waals surface area contributed by atoms with Crippen LogP contribution in [0.4, 0.5) is 0 Å². The Hall–Kier alpha value is -4.05. The van der Waals surface area contributed by atoms with Gasteiger partial charge in [-0.3, -0.25) is 9.78 Å². The zero-order valence-electron chi connectivity index (χ0n) is 20.8. The molecule has 1 fully saturated rings. The first-order chi connectivity index (χ1) is 17.7. The van der Waals surface area contributed by atoms with Crippen LogP contribution in [-0.4, -0.2) is 43.5 Å². The van der Waals surface area contributed by atoms with Crippen LogP contribution in [0.25, 0.3) is 10.9 Å². The Morgan fingerprint density at radius 1 is 1.03 bits per heavy atom. The molecule has 9 nitrogen and oxygen atoms in total. The van der Waals surface area contributed by atoms with Crippen LogP contribution in [0.1, 0.15) is 34.7 Å². The standard InChI is InChI=1S/C27H26N4O5S/c1-16-8-11-23(35-3)20(12-16)27(13-21(27)18-14-28-26(36-4)29-15-18)25(32)31-37(33,34)24-7-5-6-22-19(24)10-9-17(2)30-22/h5-12,14-15,21H,13H2,1-4H3,(H,31,32)/t21-,27-/m1/s1. The maximum Gasteiger partial charge on any atom is 0.316 e. The minimum absolute atomic E-state index is 0.0119. The first-order valence-corrected chi connectivity index (χ1v) is 13.1. The Balaban J connectivity index is 1.58. The molecule has 2 aromatic heterocycles. The number of nitrogens with zero attached hydrogens (tertiary/aromatic N) is 3. The maximum absolute atomic E-state index is 14.0. The zero-order chi connectivity index (χ0) is 26.4. The van der Waals surface area contributed by atoms with Gasteiger partial charge in [-0.1, -0.05) is 23.8 Å². The molecule has 0 bridgehead atoms. The summed E-state index contributed by atoms with van der Waals surface area (Å²) in [5, 5.41) is 0.437. The molecule has 1 N–H and O–H groups in total. The summed E-state index contributed by atoms with van der Waals surface area (Å²) in [6.07, 6.45) is 3.56. The summed E-state index contributed by atoms with van der Waals surface area (Å²) in [6, 6.07) is 14.0. The highest BCUT2D eigenvalue weighted by Gasteiger charge is 2.63. The highest BCUT2D eigenvalue weighted by Crippen LogP contribution is 2.62. The number of rotatable bonds is 7. The lowest BCUT2D eigenvalue weighted by atomic mass is 9.89. The van der Waals surface area contributed by atoms with Crippen molar-refractivity contribution in [2.24, 2.45) is 0 Å². The predicted molar refractivity (Wildman–Crippen MR) is 137 cm³/mol. The number of aryl methyl sites for hydroxylation is 2. The van der Waals surface area contributed by atoms with E-state index in [2.05, 4.69) is 19.7 Å². The molecule has 5 rings (SSSR count). The van der Waals surface area contributed by atoms with Crippen LogP contribution >= 0.6 is 0 Å². The van der Waals surface area contributed by atoms with Gasteiger partial charge in [-0.25, -0.2) is 23.1 Å². The second-order valence-electron chi connectivity index (χ2n) is 9.14. The summed E-state index contributed by atoms with van der Waals surface area (Å²) < 4.78 is 40.1. The van der Waals surface area contributed by atoms with Crippen LogP contribution in [-0.2, 0) is 20.2 Å². The lowest BCUT2D eigenvalue weighted by molar-refractivity contribution is -0.122. The Morgan fingerprint density at radius 2 is 1.78 bits per heavy atom. The van der Waals surface area contributed by atoms with Gasteiger partial charge in [-0.05, 0) is 56.2 Å². The lowest BCUT2D eigenvalue weighted by Gasteiger charge is -2.21. The number of hydrogen-bond acceptors (Lipinski definition) is 8. The highest BCUT2D eigenvalue weighted by atomic mass is 32.2. The van der Waals surface area contributed by atoms with E-state index >= 15 is 0 Å². The van der Waals surface area contributed by atoms with Crippen molar-refractivity contribution in [2.45, 2.75) is 36.5 Å². The second kappa shape index (κ2) is 9.11. The van der Waals surface area contributed by atoms with E-state index in [1.165, 1.54) is 20.3 Å². The molecule has 2 heterocycles. The van der Waals surface area contributed by atoms with Crippen molar-refractivity contribution < 1.29 is 22.7 Å². The molecular formula is C27H26N4O5S. The largest absolute Gasteiger partial charge is 0.496 e. The molecule has 0 unspecified atom stereocenters. The summed E-state index contributed by atoms with van der Waals surface area (Å²) >= 11 is 0. The molecule has 4 aromatic rings. The van der Waals surface area contributed by atoms with Crippen LogP contribution in [0.2, 0.25) is 0 Å². The molecule has 1 aliphatic rings.